The van der Waals surface area contributed by atoms with Crippen LogP contribution in [0.1, 0.15) is 18.5 Å². The summed E-state index contributed by atoms with van der Waals surface area (Å²) in [5.74, 6) is 2.80. The summed E-state index contributed by atoms with van der Waals surface area (Å²) >= 11 is 6.30. The second kappa shape index (κ2) is 5.84. The molecule has 0 fully saturated rings. The van der Waals surface area contributed by atoms with Gasteiger partial charge in [0.05, 0.1) is 0 Å². The third kappa shape index (κ3) is 2.91. The van der Waals surface area contributed by atoms with Gasteiger partial charge in [-0.2, -0.15) is 0 Å². The van der Waals surface area contributed by atoms with Crippen molar-refractivity contribution in [2.24, 2.45) is 0 Å². The van der Waals surface area contributed by atoms with Crippen molar-refractivity contribution >= 4 is 11.6 Å². The predicted octanol–water partition coefficient (Wildman–Crippen LogP) is 4.14. The normalized spacial score (nSPS) is 14.0. The Morgan fingerprint density at radius 1 is 1.10 bits per heavy atom. The van der Waals surface area contributed by atoms with Crippen molar-refractivity contribution < 1.29 is 14.2 Å². The molecular formula is C16H16ClNO3. The van der Waals surface area contributed by atoms with E-state index in [9.17, 15) is 0 Å². The summed E-state index contributed by atoms with van der Waals surface area (Å²) in [4.78, 5) is 0. The van der Waals surface area contributed by atoms with Gasteiger partial charge in [-0.3, -0.25) is 0 Å². The van der Waals surface area contributed by atoms with E-state index in [0.717, 1.165) is 11.3 Å². The molecule has 0 bridgehead atoms. The minimum Gasteiger partial charge on any atom is -0.457 e. The minimum atomic E-state index is 0.192. The first-order valence-corrected chi connectivity index (χ1v) is 7.09. The van der Waals surface area contributed by atoms with Crippen LogP contribution >= 0.6 is 11.6 Å². The molecular weight excluding hydrogens is 290 g/mol. The van der Waals surface area contributed by atoms with Crippen molar-refractivity contribution in [3.63, 3.8) is 0 Å². The lowest BCUT2D eigenvalue weighted by molar-refractivity contribution is 0.174. The van der Waals surface area contributed by atoms with E-state index in [1.807, 2.05) is 37.4 Å². The van der Waals surface area contributed by atoms with E-state index < -0.39 is 0 Å². The van der Waals surface area contributed by atoms with Crippen LogP contribution in [-0.2, 0) is 0 Å². The molecule has 0 aromatic heterocycles. The molecule has 2 aromatic carbocycles. The molecule has 1 heterocycles. The highest BCUT2D eigenvalue weighted by atomic mass is 35.5. The summed E-state index contributed by atoms with van der Waals surface area (Å²) in [6, 6.07) is 11.3. The number of hydrogen-bond acceptors (Lipinski definition) is 4. The zero-order valence-electron chi connectivity index (χ0n) is 11.9. The van der Waals surface area contributed by atoms with Crippen LogP contribution < -0.4 is 19.5 Å². The highest BCUT2D eigenvalue weighted by molar-refractivity contribution is 6.31. The van der Waals surface area contributed by atoms with E-state index in [2.05, 4.69) is 12.2 Å². The van der Waals surface area contributed by atoms with Crippen LogP contribution in [0.3, 0.4) is 0 Å². The lowest BCUT2D eigenvalue weighted by atomic mass is 10.1. The van der Waals surface area contributed by atoms with Gasteiger partial charge in [0.2, 0.25) is 6.79 Å². The van der Waals surface area contributed by atoms with Gasteiger partial charge in [-0.25, -0.2) is 0 Å². The number of halogens is 1. The highest BCUT2D eigenvalue weighted by Crippen LogP contribution is 2.37. The van der Waals surface area contributed by atoms with Gasteiger partial charge in [0.1, 0.15) is 11.5 Å². The zero-order valence-corrected chi connectivity index (χ0v) is 12.6. The van der Waals surface area contributed by atoms with Crippen LogP contribution in [0.2, 0.25) is 5.02 Å². The molecule has 5 heteroatoms. The van der Waals surface area contributed by atoms with E-state index in [-0.39, 0.29) is 12.8 Å². The number of fused-ring (bicyclic) bond motifs is 1. The quantitative estimate of drug-likeness (QED) is 0.921. The van der Waals surface area contributed by atoms with Crippen LogP contribution in [0.5, 0.6) is 23.0 Å². The third-order valence-electron chi connectivity index (χ3n) is 3.45. The lowest BCUT2D eigenvalue weighted by Crippen LogP contribution is -2.12. The fraction of sp³-hybridized carbons (Fsp3) is 0.250. The molecule has 1 aliphatic rings. The highest BCUT2D eigenvalue weighted by Gasteiger charge is 2.14. The zero-order chi connectivity index (χ0) is 14.8. The van der Waals surface area contributed by atoms with Gasteiger partial charge in [0, 0.05) is 17.1 Å². The summed E-state index contributed by atoms with van der Waals surface area (Å²) < 4.78 is 16.4. The standard InChI is InChI=1S/C16H16ClNO3/c1-10(18-2)13-5-3-11(7-14(13)17)21-12-4-6-15-16(8-12)20-9-19-15/h3-8,10,18H,9H2,1-2H3. The van der Waals surface area contributed by atoms with E-state index in [4.69, 9.17) is 25.8 Å². The Hall–Kier alpha value is -1.91. The van der Waals surface area contributed by atoms with E-state index in [0.29, 0.717) is 22.3 Å². The Bertz CT molecular complexity index is 660. The van der Waals surface area contributed by atoms with Crippen molar-refractivity contribution in [3.8, 4) is 23.0 Å². The van der Waals surface area contributed by atoms with Crippen LogP contribution in [-0.4, -0.2) is 13.8 Å². The first-order chi connectivity index (χ1) is 10.2. The van der Waals surface area contributed by atoms with Crippen LogP contribution in [0.4, 0.5) is 0 Å². The van der Waals surface area contributed by atoms with E-state index >= 15 is 0 Å². The molecule has 1 N–H and O–H groups in total. The molecule has 21 heavy (non-hydrogen) atoms. The summed E-state index contributed by atoms with van der Waals surface area (Å²) in [5, 5.41) is 3.84. The molecule has 0 saturated heterocycles. The molecule has 0 amide bonds. The number of hydrogen-bond donors (Lipinski definition) is 1. The van der Waals surface area contributed by atoms with Gasteiger partial charge in [-0.15, -0.1) is 0 Å². The van der Waals surface area contributed by atoms with Crippen molar-refractivity contribution in [1.29, 1.82) is 0 Å². The summed E-state index contributed by atoms with van der Waals surface area (Å²) in [6.45, 7) is 2.31. The molecule has 0 aliphatic carbocycles. The maximum absolute atomic E-state index is 6.30. The molecule has 2 aromatic rings. The molecule has 4 nitrogen and oxygen atoms in total. The minimum absolute atomic E-state index is 0.192. The third-order valence-corrected chi connectivity index (χ3v) is 3.78. The van der Waals surface area contributed by atoms with Gasteiger partial charge >= 0.3 is 0 Å². The van der Waals surface area contributed by atoms with Crippen molar-refractivity contribution in [2.75, 3.05) is 13.8 Å². The fourth-order valence-corrected chi connectivity index (χ4v) is 2.49. The molecule has 1 atom stereocenters. The van der Waals surface area contributed by atoms with Gasteiger partial charge in [0.15, 0.2) is 11.5 Å². The van der Waals surface area contributed by atoms with Crippen LogP contribution in [0.15, 0.2) is 36.4 Å². The first kappa shape index (κ1) is 14.0. The first-order valence-electron chi connectivity index (χ1n) is 6.71. The number of benzene rings is 2. The molecule has 1 unspecified atom stereocenters. The second-order valence-electron chi connectivity index (χ2n) is 4.81. The molecule has 3 rings (SSSR count). The largest absolute Gasteiger partial charge is 0.457 e. The summed E-state index contributed by atoms with van der Waals surface area (Å²) in [6.07, 6.45) is 0. The monoisotopic (exact) mass is 305 g/mol. The fourth-order valence-electron chi connectivity index (χ4n) is 2.15. The molecule has 0 spiro atoms. The van der Waals surface area contributed by atoms with Crippen LogP contribution in [0, 0.1) is 0 Å². The van der Waals surface area contributed by atoms with Gasteiger partial charge in [-0.1, -0.05) is 17.7 Å². The Morgan fingerprint density at radius 3 is 2.57 bits per heavy atom. The SMILES string of the molecule is CNC(C)c1ccc(Oc2ccc3c(c2)OCO3)cc1Cl. The van der Waals surface area contributed by atoms with Gasteiger partial charge in [-0.05, 0) is 43.8 Å². The Morgan fingerprint density at radius 2 is 1.81 bits per heavy atom. The lowest BCUT2D eigenvalue weighted by Gasteiger charge is -2.14. The number of nitrogens with one attached hydrogen (secondary N) is 1. The van der Waals surface area contributed by atoms with E-state index in [1.165, 1.54) is 0 Å². The summed E-state index contributed by atoms with van der Waals surface area (Å²) in [7, 11) is 1.90. The molecule has 0 radical (unpaired) electrons. The average Bonchev–Trinajstić information content (AvgIpc) is 2.94. The number of ether oxygens (including phenoxy) is 3. The number of rotatable bonds is 4. The molecule has 0 saturated carbocycles. The van der Waals surface area contributed by atoms with Crippen molar-refractivity contribution in [1.82, 2.24) is 5.32 Å². The van der Waals surface area contributed by atoms with Gasteiger partial charge < -0.3 is 19.5 Å². The molecule has 1 aliphatic heterocycles. The smallest absolute Gasteiger partial charge is 0.231 e. The maximum Gasteiger partial charge on any atom is 0.231 e. The van der Waals surface area contributed by atoms with Gasteiger partial charge in [0.25, 0.3) is 0 Å². The Labute approximate surface area is 128 Å². The maximum atomic E-state index is 6.30. The van der Waals surface area contributed by atoms with E-state index in [1.54, 1.807) is 6.07 Å². The second-order valence-corrected chi connectivity index (χ2v) is 5.22. The predicted molar refractivity (Wildman–Crippen MR) is 81.6 cm³/mol. The topological polar surface area (TPSA) is 39.7 Å². The van der Waals surface area contributed by atoms with Crippen molar-refractivity contribution in [2.45, 2.75) is 13.0 Å². The Kier molecular flexibility index (Phi) is 3.90. The average molecular weight is 306 g/mol. The van der Waals surface area contributed by atoms with Crippen molar-refractivity contribution in [3.05, 3.63) is 47.0 Å². The summed E-state index contributed by atoms with van der Waals surface area (Å²) in [5.41, 5.74) is 1.04. The Balaban J connectivity index is 1.80. The molecule has 110 valence electrons. The van der Waals surface area contributed by atoms with Crippen LogP contribution in [0.25, 0.3) is 0 Å².